The van der Waals surface area contributed by atoms with Crippen molar-refractivity contribution in [2.45, 2.75) is 45.6 Å². The fourth-order valence-electron chi connectivity index (χ4n) is 2.74. The van der Waals surface area contributed by atoms with E-state index in [0.29, 0.717) is 6.04 Å². The van der Waals surface area contributed by atoms with E-state index in [4.69, 9.17) is 0 Å². The third kappa shape index (κ3) is 3.41. The monoisotopic (exact) mass is 297 g/mol. The summed E-state index contributed by atoms with van der Waals surface area (Å²) in [4.78, 5) is 8.33. The molecule has 2 atom stereocenters. The van der Waals surface area contributed by atoms with E-state index in [1.807, 2.05) is 6.07 Å². The SMILES string of the molecule is CC(C)C1CCCCC1Nc1cc(Br)ncn1. The Hall–Kier alpha value is -0.640. The van der Waals surface area contributed by atoms with Gasteiger partial charge in [-0.2, -0.15) is 0 Å². The first kappa shape index (κ1) is 12.8. The molecule has 0 spiro atoms. The maximum Gasteiger partial charge on any atom is 0.130 e. The fraction of sp³-hybridized carbons (Fsp3) is 0.692. The summed E-state index contributed by atoms with van der Waals surface area (Å²) < 4.78 is 0.840. The first-order chi connectivity index (χ1) is 8.16. The predicted octanol–water partition coefficient (Wildman–Crippen LogP) is 3.87. The van der Waals surface area contributed by atoms with Gasteiger partial charge >= 0.3 is 0 Å². The summed E-state index contributed by atoms with van der Waals surface area (Å²) in [7, 11) is 0. The summed E-state index contributed by atoms with van der Waals surface area (Å²) in [5.74, 6) is 2.43. The lowest BCUT2D eigenvalue weighted by molar-refractivity contribution is 0.253. The largest absolute Gasteiger partial charge is 0.367 e. The molecule has 2 rings (SSSR count). The molecular formula is C13H20BrN3. The topological polar surface area (TPSA) is 37.8 Å². The van der Waals surface area contributed by atoms with E-state index in [1.165, 1.54) is 25.7 Å². The van der Waals surface area contributed by atoms with Crippen molar-refractivity contribution in [2.75, 3.05) is 5.32 Å². The molecule has 1 N–H and O–H groups in total. The summed E-state index contributed by atoms with van der Waals surface area (Å²) in [6, 6.07) is 2.51. The number of nitrogens with one attached hydrogen (secondary N) is 1. The van der Waals surface area contributed by atoms with Gasteiger partial charge < -0.3 is 5.32 Å². The van der Waals surface area contributed by atoms with Gasteiger partial charge in [-0.3, -0.25) is 0 Å². The molecule has 0 aromatic carbocycles. The van der Waals surface area contributed by atoms with Crippen LogP contribution in [0.4, 0.5) is 5.82 Å². The van der Waals surface area contributed by atoms with Crippen LogP contribution in [-0.4, -0.2) is 16.0 Å². The van der Waals surface area contributed by atoms with Gasteiger partial charge in [0.05, 0.1) is 0 Å². The standard InChI is InChI=1S/C13H20BrN3/c1-9(2)10-5-3-4-6-11(10)17-13-7-12(14)15-8-16-13/h7-11H,3-6H2,1-2H3,(H,15,16,17). The molecular weight excluding hydrogens is 278 g/mol. The average Bonchev–Trinajstić information content (AvgIpc) is 2.29. The molecule has 17 heavy (non-hydrogen) atoms. The molecule has 1 aliphatic carbocycles. The molecule has 0 saturated heterocycles. The Morgan fingerprint density at radius 3 is 2.76 bits per heavy atom. The number of aromatic nitrogens is 2. The average molecular weight is 298 g/mol. The van der Waals surface area contributed by atoms with Crippen molar-refractivity contribution in [3.05, 3.63) is 17.0 Å². The molecule has 0 aliphatic heterocycles. The fourth-order valence-corrected chi connectivity index (χ4v) is 3.05. The highest BCUT2D eigenvalue weighted by molar-refractivity contribution is 9.10. The lowest BCUT2D eigenvalue weighted by atomic mass is 9.78. The lowest BCUT2D eigenvalue weighted by Crippen LogP contribution is -2.35. The zero-order valence-electron chi connectivity index (χ0n) is 10.5. The molecule has 2 unspecified atom stereocenters. The van der Waals surface area contributed by atoms with Gasteiger partial charge in [0.1, 0.15) is 16.7 Å². The van der Waals surface area contributed by atoms with Crippen molar-refractivity contribution < 1.29 is 0 Å². The molecule has 1 saturated carbocycles. The van der Waals surface area contributed by atoms with Crippen molar-refractivity contribution in [3.8, 4) is 0 Å². The molecule has 94 valence electrons. The van der Waals surface area contributed by atoms with Crippen molar-refractivity contribution in [3.63, 3.8) is 0 Å². The molecule has 1 aliphatic rings. The molecule has 4 heteroatoms. The smallest absolute Gasteiger partial charge is 0.130 e. The molecule has 0 bridgehead atoms. The summed E-state index contributed by atoms with van der Waals surface area (Å²) in [5, 5.41) is 3.57. The number of hydrogen-bond acceptors (Lipinski definition) is 3. The van der Waals surface area contributed by atoms with E-state index < -0.39 is 0 Å². The van der Waals surface area contributed by atoms with E-state index in [1.54, 1.807) is 6.33 Å². The molecule has 1 aromatic rings. The minimum Gasteiger partial charge on any atom is -0.367 e. The lowest BCUT2D eigenvalue weighted by Gasteiger charge is -2.35. The summed E-state index contributed by atoms with van der Waals surface area (Å²) in [6.07, 6.45) is 6.88. The maximum absolute atomic E-state index is 4.28. The number of rotatable bonds is 3. The van der Waals surface area contributed by atoms with Gasteiger partial charge in [0, 0.05) is 12.1 Å². The third-order valence-corrected chi connectivity index (χ3v) is 4.08. The van der Waals surface area contributed by atoms with Gasteiger partial charge in [-0.05, 0) is 40.6 Å². The molecule has 1 heterocycles. The highest BCUT2D eigenvalue weighted by atomic mass is 79.9. The van der Waals surface area contributed by atoms with Crippen LogP contribution in [0.5, 0.6) is 0 Å². The number of hydrogen-bond donors (Lipinski definition) is 1. The Labute approximate surface area is 112 Å². The summed E-state index contributed by atoms with van der Waals surface area (Å²) in [5.41, 5.74) is 0. The normalized spacial score (nSPS) is 24.9. The Morgan fingerprint density at radius 1 is 1.29 bits per heavy atom. The van der Waals surface area contributed by atoms with Crippen molar-refractivity contribution >= 4 is 21.7 Å². The van der Waals surface area contributed by atoms with Crippen LogP contribution >= 0.6 is 15.9 Å². The van der Waals surface area contributed by atoms with Crippen molar-refractivity contribution in [2.24, 2.45) is 11.8 Å². The van der Waals surface area contributed by atoms with Crippen LogP contribution in [0, 0.1) is 11.8 Å². The van der Waals surface area contributed by atoms with E-state index in [0.717, 1.165) is 22.3 Å². The zero-order valence-corrected chi connectivity index (χ0v) is 12.1. The van der Waals surface area contributed by atoms with E-state index in [2.05, 4.69) is 45.1 Å². The molecule has 3 nitrogen and oxygen atoms in total. The van der Waals surface area contributed by atoms with Gasteiger partial charge in [0.25, 0.3) is 0 Å². The Kier molecular flexibility index (Phi) is 4.37. The summed E-state index contributed by atoms with van der Waals surface area (Å²) >= 11 is 3.38. The minimum atomic E-state index is 0.561. The highest BCUT2D eigenvalue weighted by Crippen LogP contribution is 2.32. The third-order valence-electron chi connectivity index (χ3n) is 3.64. The first-order valence-corrected chi connectivity index (χ1v) is 7.20. The van der Waals surface area contributed by atoms with Crippen molar-refractivity contribution in [1.82, 2.24) is 9.97 Å². The maximum atomic E-state index is 4.28. The van der Waals surface area contributed by atoms with Crippen LogP contribution in [0.2, 0.25) is 0 Å². The second-order valence-electron chi connectivity index (χ2n) is 5.17. The van der Waals surface area contributed by atoms with Crippen LogP contribution in [0.15, 0.2) is 17.0 Å². The summed E-state index contributed by atoms with van der Waals surface area (Å²) in [6.45, 7) is 4.64. The zero-order chi connectivity index (χ0) is 12.3. The Balaban J connectivity index is 2.05. The van der Waals surface area contributed by atoms with E-state index >= 15 is 0 Å². The Bertz CT molecular complexity index is 367. The molecule has 1 fully saturated rings. The number of halogens is 1. The minimum absolute atomic E-state index is 0.561. The molecule has 0 radical (unpaired) electrons. The van der Waals surface area contributed by atoms with Crippen LogP contribution in [0.3, 0.4) is 0 Å². The van der Waals surface area contributed by atoms with Crippen LogP contribution < -0.4 is 5.32 Å². The van der Waals surface area contributed by atoms with Crippen LogP contribution in [0.1, 0.15) is 39.5 Å². The predicted molar refractivity (Wildman–Crippen MR) is 73.9 cm³/mol. The first-order valence-electron chi connectivity index (χ1n) is 6.41. The van der Waals surface area contributed by atoms with Gasteiger partial charge in [-0.1, -0.05) is 26.7 Å². The van der Waals surface area contributed by atoms with E-state index in [9.17, 15) is 0 Å². The van der Waals surface area contributed by atoms with E-state index in [-0.39, 0.29) is 0 Å². The molecule has 1 aromatic heterocycles. The van der Waals surface area contributed by atoms with Crippen LogP contribution in [-0.2, 0) is 0 Å². The number of nitrogens with zero attached hydrogens (tertiary/aromatic N) is 2. The Morgan fingerprint density at radius 2 is 2.06 bits per heavy atom. The second kappa shape index (κ2) is 5.80. The van der Waals surface area contributed by atoms with Gasteiger partial charge in [0.2, 0.25) is 0 Å². The number of anilines is 1. The van der Waals surface area contributed by atoms with Gasteiger partial charge in [-0.15, -0.1) is 0 Å². The quantitative estimate of drug-likeness (QED) is 0.861. The van der Waals surface area contributed by atoms with Crippen LogP contribution in [0.25, 0.3) is 0 Å². The second-order valence-corrected chi connectivity index (χ2v) is 5.98. The van der Waals surface area contributed by atoms with Gasteiger partial charge in [-0.25, -0.2) is 9.97 Å². The molecule has 0 amide bonds. The van der Waals surface area contributed by atoms with Gasteiger partial charge in [0.15, 0.2) is 0 Å². The highest BCUT2D eigenvalue weighted by Gasteiger charge is 2.27. The van der Waals surface area contributed by atoms with Crippen molar-refractivity contribution in [1.29, 1.82) is 0 Å².